The Morgan fingerprint density at radius 1 is 0.949 bits per heavy atom. The number of aromatic nitrogens is 4. The molecule has 5 heterocycles. The van der Waals surface area contributed by atoms with Gasteiger partial charge in [-0.25, -0.2) is 15.0 Å². The van der Waals surface area contributed by atoms with Crippen LogP contribution in [0.3, 0.4) is 0 Å². The average Bonchev–Trinajstić information content (AvgIpc) is 4.00. The van der Waals surface area contributed by atoms with Crippen molar-refractivity contribution in [1.29, 1.82) is 0 Å². The Kier molecular flexibility index (Phi) is 13.0. The molecule has 0 saturated carbocycles. The van der Waals surface area contributed by atoms with Gasteiger partial charge in [-0.3, -0.25) is 10.1 Å². The molecule has 0 unspecified atom stereocenters. The molecule has 0 atom stereocenters. The predicted molar refractivity (Wildman–Crippen MR) is 235 cm³/mol. The van der Waals surface area contributed by atoms with Gasteiger partial charge in [0.2, 0.25) is 5.95 Å². The summed E-state index contributed by atoms with van der Waals surface area (Å²) >= 11 is 0. The normalized spacial score (nSPS) is 15.7. The van der Waals surface area contributed by atoms with E-state index in [2.05, 4.69) is 61.6 Å². The second kappa shape index (κ2) is 18.2. The van der Waals surface area contributed by atoms with E-state index in [1.807, 2.05) is 34.9 Å². The van der Waals surface area contributed by atoms with E-state index < -0.39 is 8.32 Å². The molecule has 2 aliphatic heterocycles. The van der Waals surface area contributed by atoms with E-state index in [1.54, 1.807) is 32.7 Å². The third-order valence-electron chi connectivity index (χ3n) is 12.5. The summed E-state index contributed by atoms with van der Waals surface area (Å²) in [4.78, 5) is 31.8. The van der Waals surface area contributed by atoms with E-state index in [4.69, 9.17) is 28.3 Å². The average molecular weight is 825 g/mol. The Balaban J connectivity index is 1.23. The molecule has 2 aliphatic rings. The van der Waals surface area contributed by atoms with Crippen LogP contribution in [-0.4, -0.2) is 90.7 Å². The molecular formula is C44H60N8O6Si. The number of rotatable bonds is 17. The SMILES string of the molecule is COCn1c(CCO[Si](C(C)C)(C(C)C)C(C)C)nc(-c2ccc3ccoc3c2)c1-c1ccnc(Nc2cc([N+](=O)[O-])c(N3CCC(N4CCCC4)CC3)cc2OC)n1. The van der Waals surface area contributed by atoms with E-state index in [0.29, 0.717) is 64.2 Å². The number of imidazole rings is 1. The highest BCUT2D eigenvalue weighted by atomic mass is 28.4. The highest BCUT2D eigenvalue weighted by Gasteiger charge is 2.45. The number of nitrogens with one attached hydrogen (secondary N) is 1. The van der Waals surface area contributed by atoms with Crippen molar-refractivity contribution in [3.63, 3.8) is 0 Å². The van der Waals surface area contributed by atoms with E-state index in [1.165, 1.54) is 18.9 Å². The fourth-order valence-electron chi connectivity index (χ4n) is 9.81. The van der Waals surface area contributed by atoms with Gasteiger partial charge in [-0.15, -0.1) is 0 Å². The molecule has 14 nitrogen and oxygen atoms in total. The van der Waals surface area contributed by atoms with Crippen LogP contribution < -0.4 is 15.0 Å². The third kappa shape index (κ3) is 8.61. The van der Waals surface area contributed by atoms with Gasteiger partial charge in [0.05, 0.1) is 41.1 Å². The molecule has 0 bridgehead atoms. The fraction of sp³-hybridized carbons (Fsp3) is 0.523. The van der Waals surface area contributed by atoms with Crippen molar-refractivity contribution in [3.05, 3.63) is 70.9 Å². The van der Waals surface area contributed by atoms with Crippen LogP contribution in [0.4, 0.5) is 23.0 Å². The molecule has 3 aromatic heterocycles. The van der Waals surface area contributed by atoms with Crippen molar-refractivity contribution in [2.45, 2.75) is 103 Å². The largest absolute Gasteiger partial charge is 0.494 e. The summed E-state index contributed by atoms with van der Waals surface area (Å²) in [7, 11) is 1.11. The van der Waals surface area contributed by atoms with Gasteiger partial charge in [0, 0.05) is 68.5 Å². The van der Waals surface area contributed by atoms with E-state index in [-0.39, 0.29) is 23.3 Å². The lowest BCUT2D eigenvalue weighted by atomic mass is 10.0. The first-order valence-corrected chi connectivity index (χ1v) is 23.2. The highest BCUT2D eigenvalue weighted by molar-refractivity contribution is 6.77. The van der Waals surface area contributed by atoms with Gasteiger partial charge in [-0.05, 0) is 73.6 Å². The minimum absolute atomic E-state index is 0.00388. The summed E-state index contributed by atoms with van der Waals surface area (Å²) in [5.74, 6) is 1.52. The number of anilines is 3. The maximum Gasteiger partial charge on any atom is 0.294 e. The Morgan fingerprint density at radius 3 is 2.34 bits per heavy atom. The number of hydrogen-bond acceptors (Lipinski definition) is 12. The number of ether oxygens (including phenoxy) is 2. The van der Waals surface area contributed by atoms with Gasteiger partial charge in [-0.1, -0.05) is 53.7 Å². The first kappa shape index (κ1) is 42.3. The molecule has 0 aliphatic carbocycles. The summed E-state index contributed by atoms with van der Waals surface area (Å²) < 4.78 is 26.5. The number of nitrogens with zero attached hydrogens (tertiary/aromatic N) is 7. The van der Waals surface area contributed by atoms with Crippen LogP contribution in [-0.2, 0) is 22.3 Å². The molecule has 2 aromatic carbocycles. The molecule has 5 aromatic rings. The van der Waals surface area contributed by atoms with Gasteiger partial charge in [0.25, 0.3) is 5.69 Å². The molecule has 59 heavy (non-hydrogen) atoms. The Hall–Kier alpha value is -4.83. The molecule has 7 rings (SSSR count). The maximum atomic E-state index is 12.6. The van der Waals surface area contributed by atoms with Crippen molar-refractivity contribution < 1.29 is 23.2 Å². The van der Waals surface area contributed by atoms with Crippen LogP contribution >= 0.6 is 0 Å². The number of likely N-dealkylation sites (tertiary alicyclic amines) is 1. The number of fused-ring (bicyclic) bond motifs is 1. The number of methoxy groups -OCH3 is 2. The summed E-state index contributed by atoms with van der Waals surface area (Å²) in [6.45, 7) is 18.3. The summed E-state index contributed by atoms with van der Waals surface area (Å²) in [5.41, 5.74) is 5.97. The zero-order valence-corrected chi connectivity index (χ0v) is 36.9. The van der Waals surface area contributed by atoms with Crippen LogP contribution in [0.25, 0.3) is 33.6 Å². The highest BCUT2D eigenvalue weighted by Crippen LogP contribution is 2.43. The maximum absolute atomic E-state index is 12.6. The Morgan fingerprint density at radius 2 is 1.68 bits per heavy atom. The minimum atomic E-state index is -2.13. The first-order chi connectivity index (χ1) is 28.4. The van der Waals surface area contributed by atoms with Gasteiger partial charge in [-0.2, -0.15) is 0 Å². The van der Waals surface area contributed by atoms with Crippen LogP contribution in [0, 0.1) is 10.1 Å². The zero-order chi connectivity index (χ0) is 41.8. The topological polar surface area (TPSA) is 146 Å². The number of nitro benzene ring substituents is 1. The van der Waals surface area contributed by atoms with Crippen molar-refractivity contribution in [2.24, 2.45) is 0 Å². The Bertz CT molecular complexity index is 2200. The van der Waals surface area contributed by atoms with E-state index in [9.17, 15) is 10.1 Å². The second-order valence-corrected chi connectivity index (χ2v) is 22.3. The molecule has 0 radical (unpaired) electrons. The third-order valence-corrected chi connectivity index (χ3v) is 18.6. The van der Waals surface area contributed by atoms with Crippen molar-refractivity contribution in [2.75, 3.05) is 57.2 Å². The molecule has 0 spiro atoms. The number of furan rings is 1. The zero-order valence-electron chi connectivity index (χ0n) is 35.9. The summed E-state index contributed by atoms with van der Waals surface area (Å²) in [6.07, 6.45) is 8.37. The number of hydrogen-bond donors (Lipinski definition) is 1. The Labute approximate surface area is 348 Å². The monoisotopic (exact) mass is 824 g/mol. The lowest BCUT2D eigenvalue weighted by Gasteiger charge is -2.42. The summed E-state index contributed by atoms with van der Waals surface area (Å²) in [6, 6.07) is 13.7. The quantitative estimate of drug-likeness (QED) is 0.0541. The molecule has 0 amide bonds. The van der Waals surface area contributed by atoms with Gasteiger partial charge >= 0.3 is 0 Å². The van der Waals surface area contributed by atoms with Crippen molar-refractivity contribution in [3.8, 4) is 28.4 Å². The van der Waals surface area contributed by atoms with Crippen LogP contribution in [0.5, 0.6) is 5.75 Å². The molecule has 2 fully saturated rings. The fourth-order valence-corrected chi connectivity index (χ4v) is 15.3. The van der Waals surface area contributed by atoms with Gasteiger partial charge < -0.3 is 38.0 Å². The van der Waals surface area contributed by atoms with Gasteiger partial charge in [0.1, 0.15) is 29.6 Å². The predicted octanol–water partition coefficient (Wildman–Crippen LogP) is 9.82. The van der Waals surface area contributed by atoms with E-state index in [0.717, 1.165) is 67.1 Å². The molecule has 316 valence electrons. The smallest absolute Gasteiger partial charge is 0.294 e. The van der Waals surface area contributed by atoms with Gasteiger partial charge in [0.15, 0.2) is 8.32 Å². The molecule has 15 heteroatoms. The standard InChI is InChI=1S/C44H60N8O6Si/c1-29(2)59(30(3)4,31(5)6)58-24-17-41-48-42(33-12-11-32-16-23-57-39(32)25-33)43(51(41)28-55-7)35-13-18-45-44(46-35)47-36-26-38(52(53)54)37(27-40(36)56-8)50-21-14-34(15-22-50)49-19-9-10-20-49/h11-13,16,18,23,25-27,29-31,34H,9-10,14-15,17,19-22,24,28H2,1-8H3,(H,45,46,47). The second-order valence-electron chi connectivity index (χ2n) is 16.8. The molecule has 2 saturated heterocycles. The van der Waals surface area contributed by atoms with Crippen molar-refractivity contribution in [1.82, 2.24) is 24.4 Å². The van der Waals surface area contributed by atoms with Crippen molar-refractivity contribution >= 4 is 42.3 Å². The van der Waals surface area contributed by atoms with Crippen LogP contribution in [0.15, 0.2) is 59.3 Å². The lowest BCUT2D eigenvalue weighted by Crippen LogP contribution is -2.48. The lowest BCUT2D eigenvalue weighted by molar-refractivity contribution is -0.384. The summed E-state index contributed by atoms with van der Waals surface area (Å²) in [5, 5.41) is 16.8. The van der Waals surface area contributed by atoms with Crippen LogP contribution in [0.2, 0.25) is 16.6 Å². The number of benzene rings is 2. The molecule has 1 N–H and O–H groups in total. The van der Waals surface area contributed by atoms with Crippen LogP contribution in [0.1, 0.15) is 73.1 Å². The number of piperidine rings is 1. The first-order valence-electron chi connectivity index (χ1n) is 21.1. The molecular weight excluding hydrogens is 765 g/mol. The van der Waals surface area contributed by atoms with E-state index >= 15 is 0 Å². The minimum Gasteiger partial charge on any atom is -0.494 e. The number of nitro groups is 1.